The third kappa shape index (κ3) is 2.97. The zero-order chi connectivity index (χ0) is 15.0. The normalized spacial score (nSPS) is 31.0. The van der Waals surface area contributed by atoms with Gasteiger partial charge in [-0.15, -0.1) is 0 Å². The number of hydrogen-bond donors (Lipinski definition) is 1. The average molecular weight is 282 g/mol. The number of urea groups is 1. The number of nitrogens with one attached hydrogen (secondary N) is 1. The highest BCUT2D eigenvalue weighted by Gasteiger charge is 2.53. The molecule has 5 nitrogen and oxygen atoms in total. The standard InChI is InChI=1S/C15H26N2O3/c1-11-6-5-7-15(10-11)12(18)16-13(19)17(15)8-9-20-14(2,3)4/h11H,5-10H2,1-4H3,(H,16,18,19). The number of carbonyl (C=O) groups is 2. The summed E-state index contributed by atoms with van der Waals surface area (Å²) in [6.45, 7) is 9.05. The SMILES string of the molecule is CC1CCCC2(C1)C(=O)NC(=O)N2CCOC(C)(C)C. The summed E-state index contributed by atoms with van der Waals surface area (Å²) in [5, 5.41) is 2.49. The van der Waals surface area contributed by atoms with Crippen LogP contribution in [0.2, 0.25) is 0 Å². The topological polar surface area (TPSA) is 58.6 Å². The van der Waals surface area contributed by atoms with Crippen molar-refractivity contribution in [3.05, 3.63) is 0 Å². The van der Waals surface area contributed by atoms with E-state index in [1.807, 2.05) is 20.8 Å². The molecule has 0 radical (unpaired) electrons. The molecule has 2 atom stereocenters. The van der Waals surface area contributed by atoms with E-state index in [9.17, 15) is 9.59 Å². The van der Waals surface area contributed by atoms with E-state index in [-0.39, 0.29) is 17.5 Å². The van der Waals surface area contributed by atoms with Gasteiger partial charge in [0.15, 0.2) is 0 Å². The molecule has 1 saturated carbocycles. The van der Waals surface area contributed by atoms with Crippen molar-refractivity contribution < 1.29 is 14.3 Å². The van der Waals surface area contributed by atoms with Gasteiger partial charge in [0.05, 0.1) is 12.2 Å². The predicted octanol–water partition coefficient (Wildman–Crippen LogP) is 2.30. The fourth-order valence-corrected chi connectivity index (χ4v) is 3.33. The quantitative estimate of drug-likeness (QED) is 0.808. The molecule has 2 unspecified atom stereocenters. The Hall–Kier alpha value is -1.10. The summed E-state index contributed by atoms with van der Waals surface area (Å²) in [7, 11) is 0. The van der Waals surface area contributed by atoms with Crippen LogP contribution in [0.1, 0.15) is 53.4 Å². The summed E-state index contributed by atoms with van der Waals surface area (Å²) in [6, 6.07) is -0.262. The van der Waals surface area contributed by atoms with E-state index in [4.69, 9.17) is 4.74 Å². The van der Waals surface area contributed by atoms with Gasteiger partial charge >= 0.3 is 6.03 Å². The molecular weight excluding hydrogens is 256 g/mol. The molecule has 0 aromatic heterocycles. The summed E-state index contributed by atoms with van der Waals surface area (Å²) in [5.41, 5.74) is -0.858. The first-order valence-corrected chi connectivity index (χ1v) is 7.52. The second-order valence-corrected chi connectivity index (χ2v) is 7.10. The molecule has 1 aliphatic heterocycles. The summed E-state index contributed by atoms with van der Waals surface area (Å²) in [6.07, 6.45) is 3.67. The van der Waals surface area contributed by atoms with E-state index in [1.54, 1.807) is 4.90 Å². The molecule has 0 aromatic rings. The molecule has 20 heavy (non-hydrogen) atoms. The highest BCUT2D eigenvalue weighted by molar-refractivity contribution is 6.07. The molecule has 0 bridgehead atoms. The smallest absolute Gasteiger partial charge is 0.325 e. The van der Waals surface area contributed by atoms with E-state index in [1.165, 1.54) is 0 Å². The molecule has 5 heteroatoms. The molecule has 3 amide bonds. The van der Waals surface area contributed by atoms with Crippen LogP contribution in [0.25, 0.3) is 0 Å². The van der Waals surface area contributed by atoms with Crippen molar-refractivity contribution in [2.24, 2.45) is 5.92 Å². The van der Waals surface area contributed by atoms with E-state index in [0.717, 1.165) is 25.7 Å². The van der Waals surface area contributed by atoms with Crippen LogP contribution < -0.4 is 5.32 Å². The maximum atomic E-state index is 12.3. The van der Waals surface area contributed by atoms with E-state index in [2.05, 4.69) is 12.2 Å². The van der Waals surface area contributed by atoms with Crippen molar-refractivity contribution in [1.82, 2.24) is 10.2 Å². The Morgan fingerprint density at radius 1 is 1.40 bits per heavy atom. The minimum atomic E-state index is -0.629. The Labute approximate surface area is 121 Å². The van der Waals surface area contributed by atoms with Crippen molar-refractivity contribution in [3.63, 3.8) is 0 Å². The van der Waals surface area contributed by atoms with E-state index >= 15 is 0 Å². The van der Waals surface area contributed by atoms with Crippen LogP contribution in [0.4, 0.5) is 4.79 Å². The van der Waals surface area contributed by atoms with Crippen LogP contribution in [-0.4, -0.2) is 41.1 Å². The van der Waals surface area contributed by atoms with Gasteiger partial charge in [-0.2, -0.15) is 0 Å². The van der Waals surface area contributed by atoms with Crippen molar-refractivity contribution >= 4 is 11.9 Å². The Balaban J connectivity index is 2.08. The van der Waals surface area contributed by atoms with Crippen LogP contribution in [0.3, 0.4) is 0 Å². The summed E-state index contributed by atoms with van der Waals surface area (Å²) >= 11 is 0. The first-order chi connectivity index (χ1) is 9.24. The molecule has 2 aliphatic rings. The maximum Gasteiger partial charge on any atom is 0.325 e. The van der Waals surface area contributed by atoms with Gasteiger partial charge in [-0.1, -0.05) is 19.8 Å². The lowest BCUT2D eigenvalue weighted by Gasteiger charge is -2.40. The van der Waals surface area contributed by atoms with Crippen LogP contribution in [0, 0.1) is 5.92 Å². The lowest BCUT2D eigenvalue weighted by Crippen LogP contribution is -2.53. The van der Waals surface area contributed by atoms with Crippen LogP contribution in [0.15, 0.2) is 0 Å². The summed E-state index contributed by atoms with van der Waals surface area (Å²) in [4.78, 5) is 26.0. The minimum absolute atomic E-state index is 0.121. The monoisotopic (exact) mass is 282 g/mol. The van der Waals surface area contributed by atoms with Gasteiger partial charge in [0, 0.05) is 6.54 Å². The number of imide groups is 1. The van der Waals surface area contributed by atoms with E-state index < -0.39 is 5.54 Å². The Kier molecular flexibility index (Phi) is 4.09. The molecule has 2 rings (SSSR count). The molecule has 0 aromatic carbocycles. The molecule has 1 aliphatic carbocycles. The molecule has 1 saturated heterocycles. The second kappa shape index (κ2) is 5.35. The van der Waals surface area contributed by atoms with Gasteiger partial charge in [-0.05, 0) is 39.5 Å². The molecule has 1 spiro atoms. The minimum Gasteiger partial charge on any atom is -0.374 e. The number of amides is 3. The highest BCUT2D eigenvalue weighted by atomic mass is 16.5. The summed E-state index contributed by atoms with van der Waals surface area (Å²) in [5.74, 6) is 0.358. The fraction of sp³-hybridized carbons (Fsp3) is 0.867. The van der Waals surface area contributed by atoms with Gasteiger partial charge in [0.25, 0.3) is 5.91 Å². The van der Waals surface area contributed by atoms with Crippen LogP contribution >= 0.6 is 0 Å². The molecule has 1 N–H and O–H groups in total. The highest BCUT2D eigenvalue weighted by Crippen LogP contribution is 2.39. The van der Waals surface area contributed by atoms with Gasteiger partial charge < -0.3 is 9.64 Å². The lowest BCUT2D eigenvalue weighted by atomic mass is 9.75. The molecule has 1 heterocycles. The Bertz CT molecular complexity index is 402. The van der Waals surface area contributed by atoms with Gasteiger partial charge in [0.2, 0.25) is 0 Å². The first kappa shape index (κ1) is 15.3. The maximum absolute atomic E-state index is 12.3. The van der Waals surface area contributed by atoms with Crippen LogP contribution in [-0.2, 0) is 9.53 Å². The van der Waals surface area contributed by atoms with Gasteiger partial charge in [-0.3, -0.25) is 10.1 Å². The van der Waals surface area contributed by atoms with Crippen molar-refractivity contribution in [2.75, 3.05) is 13.2 Å². The Morgan fingerprint density at radius 2 is 2.10 bits per heavy atom. The molecular formula is C15H26N2O3. The van der Waals surface area contributed by atoms with Crippen molar-refractivity contribution in [3.8, 4) is 0 Å². The second-order valence-electron chi connectivity index (χ2n) is 7.10. The number of nitrogens with zero attached hydrogens (tertiary/aromatic N) is 1. The van der Waals surface area contributed by atoms with E-state index in [0.29, 0.717) is 19.1 Å². The first-order valence-electron chi connectivity index (χ1n) is 7.52. The largest absolute Gasteiger partial charge is 0.374 e. The third-order valence-corrected chi connectivity index (χ3v) is 4.23. The predicted molar refractivity (Wildman–Crippen MR) is 76.3 cm³/mol. The van der Waals surface area contributed by atoms with Crippen molar-refractivity contribution in [2.45, 2.75) is 64.5 Å². The van der Waals surface area contributed by atoms with Crippen molar-refractivity contribution in [1.29, 1.82) is 0 Å². The number of hydrogen-bond acceptors (Lipinski definition) is 3. The lowest BCUT2D eigenvalue weighted by molar-refractivity contribution is -0.129. The average Bonchev–Trinajstić information content (AvgIpc) is 2.52. The molecule has 114 valence electrons. The summed E-state index contributed by atoms with van der Waals surface area (Å²) < 4.78 is 5.70. The number of carbonyl (C=O) groups excluding carboxylic acids is 2. The number of ether oxygens (including phenoxy) is 1. The molecule has 2 fully saturated rings. The third-order valence-electron chi connectivity index (χ3n) is 4.23. The zero-order valence-electron chi connectivity index (χ0n) is 13.0. The van der Waals surface area contributed by atoms with Gasteiger partial charge in [0.1, 0.15) is 5.54 Å². The Morgan fingerprint density at radius 3 is 2.70 bits per heavy atom. The van der Waals surface area contributed by atoms with Gasteiger partial charge in [-0.25, -0.2) is 4.79 Å². The fourth-order valence-electron chi connectivity index (χ4n) is 3.33. The van der Waals surface area contributed by atoms with Crippen LogP contribution in [0.5, 0.6) is 0 Å². The zero-order valence-corrected chi connectivity index (χ0v) is 13.0. The number of rotatable bonds is 3.